The molecule has 6 heteroatoms. The van der Waals surface area contributed by atoms with Crippen LogP contribution in [0.3, 0.4) is 0 Å². The summed E-state index contributed by atoms with van der Waals surface area (Å²) < 4.78 is 0. The molecule has 0 aliphatic heterocycles. The maximum Gasteiger partial charge on any atom is 0.253 e. The van der Waals surface area contributed by atoms with Crippen LogP contribution >= 0.6 is 12.4 Å². The van der Waals surface area contributed by atoms with Gasteiger partial charge in [0, 0.05) is 30.8 Å². The fourth-order valence-electron chi connectivity index (χ4n) is 3.34. The second-order valence-electron chi connectivity index (χ2n) is 7.93. The van der Waals surface area contributed by atoms with Gasteiger partial charge in [-0.05, 0) is 43.0 Å². The van der Waals surface area contributed by atoms with Gasteiger partial charge in [0.05, 0.1) is 0 Å². The highest BCUT2D eigenvalue weighted by Crippen LogP contribution is 2.25. The Labute approximate surface area is 163 Å². The van der Waals surface area contributed by atoms with Crippen molar-refractivity contribution in [2.45, 2.75) is 46.0 Å². The third-order valence-corrected chi connectivity index (χ3v) is 4.92. The van der Waals surface area contributed by atoms with E-state index in [1.165, 1.54) is 6.42 Å². The predicted octanol–water partition coefficient (Wildman–Crippen LogP) is 3.68. The van der Waals surface area contributed by atoms with Crippen molar-refractivity contribution in [3.8, 4) is 0 Å². The zero-order chi connectivity index (χ0) is 18.4. The number of hydrogen-bond donors (Lipinski definition) is 2. The average molecular weight is 382 g/mol. The number of hydrogen-bond acceptors (Lipinski definition) is 3. The number of rotatable bonds is 6. The predicted molar refractivity (Wildman–Crippen MR) is 109 cm³/mol. The number of halogens is 1. The maximum absolute atomic E-state index is 12.7. The van der Waals surface area contributed by atoms with Crippen LogP contribution in [-0.4, -0.2) is 36.9 Å². The van der Waals surface area contributed by atoms with Crippen molar-refractivity contribution >= 4 is 29.9 Å². The zero-order valence-corrected chi connectivity index (χ0v) is 16.9. The van der Waals surface area contributed by atoms with Gasteiger partial charge >= 0.3 is 0 Å². The molecule has 2 rings (SSSR count). The molecule has 1 aliphatic rings. The van der Waals surface area contributed by atoms with Gasteiger partial charge in [-0.25, -0.2) is 0 Å². The van der Waals surface area contributed by atoms with Gasteiger partial charge in [0.1, 0.15) is 0 Å². The Morgan fingerprint density at radius 1 is 1.23 bits per heavy atom. The summed E-state index contributed by atoms with van der Waals surface area (Å²) in [5.41, 5.74) is 6.90. The third-order valence-electron chi connectivity index (χ3n) is 4.92. The summed E-state index contributed by atoms with van der Waals surface area (Å²) in [5, 5.41) is 2.98. The van der Waals surface area contributed by atoms with E-state index in [-0.39, 0.29) is 35.6 Å². The molecule has 0 spiro atoms. The number of carbonyl (C=O) groups is 2. The molecule has 1 aromatic rings. The Kier molecular flexibility index (Phi) is 8.57. The lowest BCUT2D eigenvalue weighted by molar-refractivity contribution is -0.120. The molecule has 0 bridgehead atoms. The average Bonchev–Trinajstić information content (AvgIpc) is 2.61. The SMILES string of the molecule is CN(CC(C)(C)CN)C(=O)c1cccc(NC(=O)C2CCCCC2)c1.Cl. The number of nitrogens with one attached hydrogen (secondary N) is 1. The van der Waals surface area contributed by atoms with Gasteiger partial charge < -0.3 is 16.0 Å². The standard InChI is InChI=1S/C20H31N3O2.ClH/c1-20(2,13-21)14-23(3)19(25)16-10-7-11-17(12-16)22-18(24)15-8-5-4-6-9-15;/h7,10-12,15H,4-6,8-9,13-14,21H2,1-3H3,(H,22,24);1H. The Hall–Kier alpha value is -1.59. The highest BCUT2D eigenvalue weighted by molar-refractivity contribution is 5.97. The van der Waals surface area contributed by atoms with Gasteiger partial charge in [-0.3, -0.25) is 9.59 Å². The van der Waals surface area contributed by atoms with Gasteiger partial charge in [-0.2, -0.15) is 0 Å². The molecular weight excluding hydrogens is 350 g/mol. The van der Waals surface area contributed by atoms with Crippen molar-refractivity contribution in [3.05, 3.63) is 29.8 Å². The minimum atomic E-state index is -0.128. The molecule has 0 radical (unpaired) electrons. The Morgan fingerprint density at radius 2 is 1.88 bits per heavy atom. The van der Waals surface area contributed by atoms with E-state index < -0.39 is 0 Å². The van der Waals surface area contributed by atoms with E-state index in [0.717, 1.165) is 25.7 Å². The van der Waals surface area contributed by atoms with Crippen molar-refractivity contribution in [1.82, 2.24) is 4.90 Å². The van der Waals surface area contributed by atoms with Gasteiger partial charge in [0.25, 0.3) is 5.91 Å². The third kappa shape index (κ3) is 6.29. The van der Waals surface area contributed by atoms with Gasteiger partial charge in [-0.1, -0.05) is 39.2 Å². The lowest BCUT2D eigenvalue weighted by Gasteiger charge is -2.29. The van der Waals surface area contributed by atoms with Crippen molar-refractivity contribution < 1.29 is 9.59 Å². The van der Waals surface area contributed by atoms with E-state index in [1.807, 2.05) is 26.0 Å². The van der Waals surface area contributed by atoms with Crippen LogP contribution in [0, 0.1) is 11.3 Å². The second-order valence-corrected chi connectivity index (χ2v) is 7.93. The zero-order valence-electron chi connectivity index (χ0n) is 16.1. The highest BCUT2D eigenvalue weighted by atomic mass is 35.5. The lowest BCUT2D eigenvalue weighted by atomic mass is 9.88. The summed E-state index contributed by atoms with van der Waals surface area (Å²) in [7, 11) is 1.78. The summed E-state index contributed by atoms with van der Waals surface area (Å²) in [5.74, 6) is 0.110. The van der Waals surface area contributed by atoms with E-state index in [2.05, 4.69) is 5.32 Å². The summed E-state index contributed by atoms with van der Waals surface area (Å²) in [6.45, 7) is 5.18. The summed E-state index contributed by atoms with van der Waals surface area (Å²) in [4.78, 5) is 26.7. The smallest absolute Gasteiger partial charge is 0.253 e. The van der Waals surface area contributed by atoms with E-state index in [0.29, 0.717) is 24.3 Å². The minimum absolute atomic E-state index is 0. The molecule has 0 unspecified atom stereocenters. The van der Waals surface area contributed by atoms with E-state index >= 15 is 0 Å². The molecule has 5 nitrogen and oxygen atoms in total. The van der Waals surface area contributed by atoms with Gasteiger partial charge in [-0.15, -0.1) is 12.4 Å². The molecule has 146 valence electrons. The van der Waals surface area contributed by atoms with Crippen molar-refractivity contribution in [2.24, 2.45) is 17.1 Å². The van der Waals surface area contributed by atoms with Crippen LogP contribution in [0.5, 0.6) is 0 Å². The second kappa shape index (κ2) is 9.93. The molecule has 1 fully saturated rings. The van der Waals surface area contributed by atoms with Crippen LogP contribution < -0.4 is 11.1 Å². The molecule has 0 atom stereocenters. The fraction of sp³-hybridized carbons (Fsp3) is 0.600. The van der Waals surface area contributed by atoms with Crippen LogP contribution in [0.25, 0.3) is 0 Å². The first kappa shape index (κ1) is 22.5. The van der Waals surface area contributed by atoms with E-state index in [9.17, 15) is 9.59 Å². The highest BCUT2D eigenvalue weighted by Gasteiger charge is 2.23. The summed E-state index contributed by atoms with van der Waals surface area (Å²) in [6.07, 6.45) is 5.39. The Bertz CT molecular complexity index is 613. The lowest BCUT2D eigenvalue weighted by Crippen LogP contribution is -2.39. The van der Waals surface area contributed by atoms with Gasteiger partial charge in [0.2, 0.25) is 5.91 Å². The number of nitrogens with two attached hydrogens (primary N) is 1. The molecule has 1 saturated carbocycles. The topological polar surface area (TPSA) is 75.4 Å². The molecule has 2 amide bonds. The normalized spacial score (nSPS) is 15.1. The molecule has 1 aromatic carbocycles. The molecule has 1 aliphatic carbocycles. The van der Waals surface area contributed by atoms with Crippen molar-refractivity contribution in [2.75, 3.05) is 25.5 Å². The molecule has 0 saturated heterocycles. The molecular formula is C20H32ClN3O2. The van der Waals surface area contributed by atoms with Crippen LogP contribution in [0.4, 0.5) is 5.69 Å². The molecule has 3 N–H and O–H groups in total. The molecule has 0 heterocycles. The fourth-order valence-corrected chi connectivity index (χ4v) is 3.34. The first-order chi connectivity index (χ1) is 11.8. The molecule has 0 aromatic heterocycles. The number of anilines is 1. The number of carbonyl (C=O) groups excluding carboxylic acids is 2. The van der Waals surface area contributed by atoms with E-state index in [4.69, 9.17) is 5.73 Å². The first-order valence-electron chi connectivity index (χ1n) is 9.19. The number of nitrogens with zero attached hydrogens (tertiary/aromatic N) is 1. The van der Waals surface area contributed by atoms with Gasteiger partial charge in [0.15, 0.2) is 0 Å². The quantitative estimate of drug-likeness (QED) is 0.789. The summed E-state index contributed by atoms with van der Waals surface area (Å²) in [6, 6.07) is 7.19. The van der Waals surface area contributed by atoms with E-state index in [1.54, 1.807) is 24.1 Å². The van der Waals surface area contributed by atoms with Crippen LogP contribution in [0.2, 0.25) is 0 Å². The van der Waals surface area contributed by atoms with Crippen LogP contribution in [0.1, 0.15) is 56.3 Å². The molecule has 26 heavy (non-hydrogen) atoms. The Balaban J connectivity index is 0.00000338. The van der Waals surface area contributed by atoms with Crippen LogP contribution in [0.15, 0.2) is 24.3 Å². The summed E-state index contributed by atoms with van der Waals surface area (Å²) >= 11 is 0. The van der Waals surface area contributed by atoms with Crippen LogP contribution in [-0.2, 0) is 4.79 Å². The first-order valence-corrected chi connectivity index (χ1v) is 9.19. The largest absolute Gasteiger partial charge is 0.341 e. The maximum atomic E-state index is 12.7. The van der Waals surface area contributed by atoms with Crippen molar-refractivity contribution in [1.29, 1.82) is 0 Å². The monoisotopic (exact) mass is 381 g/mol. The minimum Gasteiger partial charge on any atom is -0.341 e. The van der Waals surface area contributed by atoms with Crippen molar-refractivity contribution in [3.63, 3.8) is 0 Å². The number of amides is 2. The number of benzene rings is 1. The Morgan fingerprint density at radius 3 is 2.50 bits per heavy atom.